The van der Waals surface area contributed by atoms with Gasteiger partial charge in [-0.2, -0.15) is 0 Å². The molecule has 6 rings (SSSR count). The summed E-state index contributed by atoms with van der Waals surface area (Å²) in [6.07, 6.45) is 8.67. The first-order valence-electron chi connectivity index (χ1n) is 11.5. The Kier molecular flexibility index (Phi) is 4.74. The molecule has 2 fully saturated rings. The molecule has 3 aromatic rings. The van der Waals surface area contributed by atoms with Gasteiger partial charge >= 0.3 is 0 Å². The number of rotatable bonds is 3. The van der Waals surface area contributed by atoms with Crippen LogP contribution in [-0.2, 0) is 13.0 Å². The first-order chi connectivity index (χ1) is 15.1. The van der Waals surface area contributed by atoms with Crippen LogP contribution < -0.4 is 10.2 Å². The Labute approximate surface area is 196 Å². The molecule has 1 aliphatic carbocycles. The highest BCUT2D eigenvalue weighted by molar-refractivity contribution is 14.1. The minimum Gasteiger partial charge on any atom is -0.371 e. The highest BCUT2D eigenvalue weighted by atomic mass is 127. The number of hydrogen-bond acceptors (Lipinski definition) is 3. The molecule has 0 radical (unpaired) electrons. The number of nitrogens with zero attached hydrogens (tertiary/aromatic N) is 3. The molecule has 1 aromatic heterocycles. The monoisotopic (exact) mass is 526 g/mol. The minimum absolute atomic E-state index is 0.0448. The van der Waals surface area contributed by atoms with Gasteiger partial charge in [0.1, 0.15) is 11.3 Å². The standard InChI is InChI=1S/C25H27IN4O/c26-17-7-8-18(21(16-17)29-14-11-25(9-10-25)12-15-29)24(31)27-19-4-3-5-20-23(19)28-22-6-1-2-13-30(20)22/h3-5,7-8,16H,1-2,6,9-15H2,(H,27,31). The van der Waals surface area contributed by atoms with E-state index in [-0.39, 0.29) is 5.91 Å². The number of piperidine rings is 1. The van der Waals surface area contributed by atoms with Crippen LogP contribution in [0.5, 0.6) is 0 Å². The van der Waals surface area contributed by atoms with E-state index in [9.17, 15) is 4.79 Å². The fourth-order valence-corrected chi connectivity index (χ4v) is 5.81. The summed E-state index contributed by atoms with van der Waals surface area (Å²) < 4.78 is 3.48. The van der Waals surface area contributed by atoms with Gasteiger partial charge in [0.15, 0.2) is 0 Å². The number of aryl methyl sites for hydroxylation is 2. The van der Waals surface area contributed by atoms with E-state index in [1.54, 1.807) is 0 Å². The predicted octanol–water partition coefficient (Wildman–Crippen LogP) is 5.61. The molecule has 31 heavy (non-hydrogen) atoms. The molecule has 1 saturated carbocycles. The van der Waals surface area contributed by atoms with Crippen molar-refractivity contribution in [3.63, 3.8) is 0 Å². The number of benzene rings is 2. The van der Waals surface area contributed by atoms with Crippen LogP contribution in [-0.4, -0.2) is 28.5 Å². The average Bonchev–Trinajstić information content (AvgIpc) is 3.42. The van der Waals surface area contributed by atoms with Crippen molar-refractivity contribution in [2.75, 3.05) is 23.3 Å². The maximum absolute atomic E-state index is 13.4. The summed E-state index contributed by atoms with van der Waals surface area (Å²) in [7, 11) is 0. The number of hydrogen-bond donors (Lipinski definition) is 1. The van der Waals surface area contributed by atoms with Gasteiger partial charge in [-0.25, -0.2) is 4.98 Å². The van der Waals surface area contributed by atoms with Gasteiger partial charge in [0.25, 0.3) is 5.91 Å². The Morgan fingerprint density at radius 2 is 1.87 bits per heavy atom. The van der Waals surface area contributed by atoms with Crippen LogP contribution in [0.4, 0.5) is 11.4 Å². The van der Waals surface area contributed by atoms with Crippen LogP contribution in [0.25, 0.3) is 11.0 Å². The Hall–Kier alpha value is -2.09. The van der Waals surface area contributed by atoms with Gasteiger partial charge in [-0.05, 0) is 96.9 Å². The lowest BCUT2D eigenvalue weighted by Crippen LogP contribution is -2.35. The Bertz CT molecular complexity index is 1170. The summed E-state index contributed by atoms with van der Waals surface area (Å²) in [5.74, 6) is 1.09. The first kappa shape index (κ1) is 19.6. The molecule has 3 aliphatic rings. The van der Waals surface area contributed by atoms with Crippen molar-refractivity contribution in [1.82, 2.24) is 9.55 Å². The van der Waals surface area contributed by atoms with Crippen molar-refractivity contribution < 1.29 is 4.79 Å². The number of carbonyl (C=O) groups excluding carboxylic acids is 1. The summed E-state index contributed by atoms with van der Waals surface area (Å²) in [5, 5.41) is 3.19. The Balaban J connectivity index is 1.31. The lowest BCUT2D eigenvalue weighted by molar-refractivity contribution is 0.102. The summed E-state index contributed by atoms with van der Waals surface area (Å²) in [6.45, 7) is 3.11. The molecule has 2 aromatic carbocycles. The molecule has 6 heteroatoms. The molecule has 3 heterocycles. The summed E-state index contributed by atoms with van der Waals surface area (Å²) in [5.41, 5.74) is 5.29. The topological polar surface area (TPSA) is 50.2 Å². The number of imidazole rings is 1. The molecule has 0 atom stereocenters. The number of para-hydroxylation sites is 1. The van der Waals surface area contributed by atoms with Crippen molar-refractivity contribution in [2.24, 2.45) is 5.41 Å². The maximum Gasteiger partial charge on any atom is 0.257 e. The number of nitrogens with one attached hydrogen (secondary N) is 1. The number of amides is 1. The molecule has 1 saturated heterocycles. The zero-order valence-corrected chi connectivity index (χ0v) is 19.8. The van der Waals surface area contributed by atoms with Crippen LogP contribution in [0, 0.1) is 8.99 Å². The van der Waals surface area contributed by atoms with E-state index >= 15 is 0 Å². The Morgan fingerprint density at radius 1 is 1.03 bits per heavy atom. The number of aromatic nitrogens is 2. The fourth-order valence-electron chi connectivity index (χ4n) is 5.34. The minimum atomic E-state index is -0.0448. The van der Waals surface area contributed by atoms with E-state index in [4.69, 9.17) is 4.98 Å². The van der Waals surface area contributed by atoms with E-state index in [0.717, 1.165) is 59.9 Å². The number of anilines is 2. The highest BCUT2D eigenvalue weighted by Crippen LogP contribution is 2.54. The van der Waals surface area contributed by atoms with Crippen LogP contribution in [0.3, 0.4) is 0 Å². The van der Waals surface area contributed by atoms with E-state index in [2.05, 4.69) is 49.5 Å². The van der Waals surface area contributed by atoms with Gasteiger partial charge in [-0.1, -0.05) is 6.07 Å². The summed E-state index contributed by atoms with van der Waals surface area (Å²) in [6, 6.07) is 12.3. The van der Waals surface area contributed by atoms with Gasteiger partial charge in [0.2, 0.25) is 0 Å². The summed E-state index contributed by atoms with van der Waals surface area (Å²) >= 11 is 2.35. The van der Waals surface area contributed by atoms with Crippen LogP contribution >= 0.6 is 22.6 Å². The molecule has 1 spiro atoms. The number of carbonyl (C=O) groups is 1. The smallest absolute Gasteiger partial charge is 0.257 e. The maximum atomic E-state index is 13.4. The van der Waals surface area contributed by atoms with E-state index < -0.39 is 0 Å². The zero-order valence-electron chi connectivity index (χ0n) is 17.7. The van der Waals surface area contributed by atoms with E-state index in [0.29, 0.717) is 5.41 Å². The lowest BCUT2D eigenvalue weighted by Gasteiger charge is -2.35. The quantitative estimate of drug-likeness (QED) is 0.452. The lowest BCUT2D eigenvalue weighted by atomic mass is 9.93. The highest BCUT2D eigenvalue weighted by Gasteiger charge is 2.44. The normalized spacial score (nSPS) is 19.5. The SMILES string of the molecule is O=C(Nc1cccc2c1nc1n2CCCC1)c1ccc(I)cc1N1CCC2(CC1)CC2. The molecular weight excluding hydrogens is 499 g/mol. The third-order valence-electron chi connectivity index (χ3n) is 7.46. The largest absolute Gasteiger partial charge is 0.371 e. The molecule has 1 N–H and O–H groups in total. The van der Waals surface area contributed by atoms with Crippen LogP contribution in [0.1, 0.15) is 54.7 Å². The second-order valence-electron chi connectivity index (χ2n) is 9.41. The Morgan fingerprint density at radius 3 is 2.68 bits per heavy atom. The molecular formula is C25H27IN4O. The summed E-state index contributed by atoms with van der Waals surface area (Å²) in [4.78, 5) is 20.7. The van der Waals surface area contributed by atoms with Gasteiger partial charge in [-0.15, -0.1) is 0 Å². The number of halogens is 1. The molecule has 5 nitrogen and oxygen atoms in total. The van der Waals surface area contributed by atoms with Gasteiger partial charge in [0.05, 0.1) is 22.5 Å². The third-order valence-corrected chi connectivity index (χ3v) is 8.14. The van der Waals surface area contributed by atoms with Gasteiger partial charge in [0, 0.05) is 29.6 Å². The van der Waals surface area contributed by atoms with Crippen LogP contribution in [0.2, 0.25) is 0 Å². The van der Waals surface area contributed by atoms with Crippen molar-refractivity contribution in [3.8, 4) is 0 Å². The molecule has 1 amide bonds. The van der Waals surface area contributed by atoms with Crippen molar-refractivity contribution in [3.05, 3.63) is 51.4 Å². The van der Waals surface area contributed by atoms with Crippen LogP contribution in [0.15, 0.2) is 36.4 Å². The first-order valence-corrected chi connectivity index (χ1v) is 12.5. The average molecular weight is 526 g/mol. The fraction of sp³-hybridized carbons (Fsp3) is 0.440. The van der Waals surface area contributed by atoms with Crippen molar-refractivity contribution >= 4 is 50.9 Å². The predicted molar refractivity (Wildman–Crippen MR) is 133 cm³/mol. The number of fused-ring (bicyclic) bond motifs is 3. The van der Waals surface area contributed by atoms with Gasteiger partial charge in [-0.3, -0.25) is 4.79 Å². The molecule has 0 unspecified atom stereocenters. The van der Waals surface area contributed by atoms with Crippen molar-refractivity contribution in [2.45, 2.75) is 51.5 Å². The zero-order chi connectivity index (χ0) is 21.0. The molecule has 2 aliphatic heterocycles. The second kappa shape index (κ2) is 7.50. The third kappa shape index (κ3) is 3.52. The van der Waals surface area contributed by atoms with E-state index in [1.807, 2.05) is 24.3 Å². The second-order valence-corrected chi connectivity index (χ2v) is 10.7. The van der Waals surface area contributed by atoms with Gasteiger partial charge < -0.3 is 14.8 Å². The molecule has 0 bridgehead atoms. The van der Waals surface area contributed by atoms with Crippen molar-refractivity contribution in [1.29, 1.82) is 0 Å². The van der Waals surface area contributed by atoms with E-state index in [1.165, 1.54) is 42.1 Å². The molecule has 160 valence electrons.